The molecule has 5 N–H and O–H groups in total. The first-order valence-corrected chi connectivity index (χ1v) is 6.64. The van der Waals surface area contributed by atoms with E-state index in [9.17, 15) is 9.59 Å². The lowest BCUT2D eigenvalue weighted by atomic mass is 9.93. The van der Waals surface area contributed by atoms with E-state index in [-0.39, 0.29) is 5.11 Å². The summed E-state index contributed by atoms with van der Waals surface area (Å²) in [4.78, 5) is 23.1. The van der Waals surface area contributed by atoms with Crippen molar-refractivity contribution in [3.63, 3.8) is 0 Å². The van der Waals surface area contributed by atoms with E-state index in [0.717, 1.165) is 25.7 Å². The van der Waals surface area contributed by atoms with Crippen molar-refractivity contribution in [3.8, 4) is 0 Å². The van der Waals surface area contributed by atoms with Crippen molar-refractivity contribution in [1.29, 1.82) is 0 Å². The van der Waals surface area contributed by atoms with Crippen LogP contribution >= 0.6 is 12.2 Å². The van der Waals surface area contributed by atoms with E-state index in [1.165, 1.54) is 6.21 Å². The summed E-state index contributed by atoms with van der Waals surface area (Å²) in [6, 6.07) is -0.512. The van der Waals surface area contributed by atoms with Gasteiger partial charge in [-0.05, 0) is 18.6 Å². The summed E-state index contributed by atoms with van der Waals surface area (Å²) in [5.74, 6) is -0.400. The Hall–Kier alpha value is -1.70. The fourth-order valence-electron chi connectivity index (χ4n) is 1.87. The number of urea groups is 1. The summed E-state index contributed by atoms with van der Waals surface area (Å²) in [6.45, 7) is 2.10. The van der Waals surface area contributed by atoms with E-state index in [1.54, 1.807) is 0 Å². The molecule has 1 fully saturated rings. The normalized spacial score (nSPS) is 22.4. The number of rotatable bonds is 7. The number of hydrogen-bond acceptors (Lipinski definition) is 4. The molecule has 0 spiro atoms. The standard InChI is InChI=1S/C11H19N5O2S/c1-2-3-4-5-6-11(7-13-16-9(12)19)8(17)14-10(18)15-11/h7H,2-6H2,1H3,(H3,12,16,19)(H2,14,15,17,18)/b13-7-/t11-/m0/s1. The lowest BCUT2D eigenvalue weighted by Gasteiger charge is -2.20. The van der Waals surface area contributed by atoms with E-state index >= 15 is 0 Å². The molecule has 8 heteroatoms. The van der Waals surface area contributed by atoms with Crippen molar-refractivity contribution in [1.82, 2.24) is 16.1 Å². The molecule has 0 aromatic heterocycles. The molecule has 0 aliphatic carbocycles. The Labute approximate surface area is 117 Å². The molecular formula is C11H19N5O2S. The van der Waals surface area contributed by atoms with Crippen LogP contribution in [0.4, 0.5) is 4.79 Å². The van der Waals surface area contributed by atoms with Crippen LogP contribution in [-0.2, 0) is 4.79 Å². The van der Waals surface area contributed by atoms with Gasteiger partial charge in [-0.25, -0.2) is 4.79 Å². The Balaban J connectivity index is 2.68. The van der Waals surface area contributed by atoms with Crippen molar-refractivity contribution >= 4 is 35.5 Å². The molecule has 3 amide bonds. The van der Waals surface area contributed by atoms with Gasteiger partial charge >= 0.3 is 6.03 Å². The number of hydrogen-bond donors (Lipinski definition) is 4. The smallest absolute Gasteiger partial charge is 0.322 e. The minimum Gasteiger partial charge on any atom is -0.375 e. The molecule has 0 unspecified atom stereocenters. The Kier molecular flexibility index (Phi) is 5.68. The lowest BCUT2D eigenvalue weighted by molar-refractivity contribution is -0.121. The third-order valence-corrected chi connectivity index (χ3v) is 2.94. The fourth-order valence-corrected chi connectivity index (χ4v) is 1.93. The highest BCUT2D eigenvalue weighted by molar-refractivity contribution is 7.80. The monoisotopic (exact) mass is 285 g/mol. The quantitative estimate of drug-likeness (QED) is 0.177. The van der Waals surface area contributed by atoms with Crippen LogP contribution in [0.2, 0.25) is 0 Å². The van der Waals surface area contributed by atoms with Crippen LogP contribution in [0.25, 0.3) is 0 Å². The van der Waals surface area contributed by atoms with Gasteiger partial charge in [0, 0.05) is 0 Å². The zero-order valence-corrected chi connectivity index (χ0v) is 11.7. The lowest BCUT2D eigenvalue weighted by Crippen LogP contribution is -2.49. The predicted molar refractivity (Wildman–Crippen MR) is 76.6 cm³/mol. The van der Waals surface area contributed by atoms with Crippen molar-refractivity contribution in [2.24, 2.45) is 10.8 Å². The Morgan fingerprint density at radius 2 is 2.21 bits per heavy atom. The average Bonchev–Trinajstić information content (AvgIpc) is 2.60. The molecule has 7 nitrogen and oxygen atoms in total. The molecule has 1 aliphatic heterocycles. The molecule has 1 heterocycles. The average molecular weight is 285 g/mol. The van der Waals surface area contributed by atoms with Gasteiger partial charge in [-0.3, -0.25) is 15.5 Å². The molecule has 1 saturated heterocycles. The van der Waals surface area contributed by atoms with E-state index in [4.69, 9.17) is 5.73 Å². The van der Waals surface area contributed by atoms with Gasteiger partial charge in [-0.15, -0.1) is 0 Å². The number of nitrogens with two attached hydrogens (primary N) is 1. The van der Waals surface area contributed by atoms with Gasteiger partial charge < -0.3 is 11.1 Å². The van der Waals surface area contributed by atoms with Gasteiger partial charge in [0.1, 0.15) is 0 Å². The van der Waals surface area contributed by atoms with E-state index in [1.807, 2.05) is 0 Å². The number of carbonyl (C=O) groups excluding carboxylic acids is 2. The molecule has 0 bridgehead atoms. The van der Waals surface area contributed by atoms with Gasteiger partial charge in [-0.1, -0.05) is 32.6 Å². The maximum absolute atomic E-state index is 11.9. The molecule has 19 heavy (non-hydrogen) atoms. The zero-order chi connectivity index (χ0) is 14.3. The summed E-state index contributed by atoms with van der Waals surface area (Å²) >= 11 is 4.61. The molecule has 1 atom stereocenters. The summed E-state index contributed by atoms with van der Waals surface area (Å²) in [5.41, 5.74) is 6.51. The number of nitrogens with one attached hydrogen (secondary N) is 3. The van der Waals surface area contributed by atoms with Gasteiger partial charge in [0.25, 0.3) is 5.91 Å². The fraction of sp³-hybridized carbons (Fsp3) is 0.636. The molecule has 0 aromatic rings. The van der Waals surface area contributed by atoms with Crippen molar-refractivity contribution < 1.29 is 9.59 Å². The molecule has 0 radical (unpaired) electrons. The van der Waals surface area contributed by atoms with Crippen LogP contribution in [0.3, 0.4) is 0 Å². The van der Waals surface area contributed by atoms with E-state index in [2.05, 4.69) is 40.3 Å². The SMILES string of the molecule is CCCCCC[C@@]1(/C=N\NC(N)=S)NC(=O)NC1=O. The molecular weight excluding hydrogens is 266 g/mol. The third kappa shape index (κ3) is 4.47. The predicted octanol–water partition coefficient (Wildman–Crippen LogP) is 0.354. The zero-order valence-electron chi connectivity index (χ0n) is 10.9. The Morgan fingerprint density at radius 3 is 2.74 bits per heavy atom. The van der Waals surface area contributed by atoms with Crippen LogP contribution in [0.1, 0.15) is 39.0 Å². The highest BCUT2D eigenvalue weighted by Crippen LogP contribution is 2.18. The van der Waals surface area contributed by atoms with Crippen LogP contribution in [-0.4, -0.2) is 28.8 Å². The molecule has 106 valence electrons. The number of carbonyl (C=O) groups is 2. The minimum absolute atomic E-state index is 0.00196. The second-order valence-corrected chi connectivity index (χ2v) is 4.86. The maximum Gasteiger partial charge on any atom is 0.322 e. The maximum atomic E-state index is 11.9. The second kappa shape index (κ2) is 7.03. The summed E-state index contributed by atoms with van der Waals surface area (Å²) < 4.78 is 0. The Bertz CT molecular complexity index is 399. The van der Waals surface area contributed by atoms with Crippen LogP contribution < -0.4 is 21.8 Å². The first-order valence-electron chi connectivity index (χ1n) is 6.23. The van der Waals surface area contributed by atoms with E-state index in [0.29, 0.717) is 6.42 Å². The van der Waals surface area contributed by atoms with Gasteiger partial charge in [-0.2, -0.15) is 5.10 Å². The number of hydrazone groups is 1. The molecule has 0 saturated carbocycles. The number of unbranched alkanes of at least 4 members (excludes halogenated alkanes) is 3. The Morgan fingerprint density at radius 1 is 1.47 bits per heavy atom. The van der Waals surface area contributed by atoms with Crippen LogP contribution in [0.5, 0.6) is 0 Å². The summed E-state index contributed by atoms with van der Waals surface area (Å²) in [5, 5.41) is 8.60. The first kappa shape index (κ1) is 15.4. The number of thiocarbonyl (C=S) groups is 1. The number of imide groups is 1. The van der Waals surface area contributed by atoms with Crippen LogP contribution in [0.15, 0.2) is 5.10 Å². The van der Waals surface area contributed by atoms with Crippen molar-refractivity contribution in [2.45, 2.75) is 44.6 Å². The molecule has 1 rings (SSSR count). The molecule has 0 aromatic carbocycles. The molecule has 1 aliphatic rings. The second-order valence-electron chi connectivity index (χ2n) is 4.42. The first-order chi connectivity index (χ1) is 9.00. The van der Waals surface area contributed by atoms with Gasteiger partial charge in [0.05, 0.1) is 6.21 Å². The van der Waals surface area contributed by atoms with Crippen molar-refractivity contribution in [2.75, 3.05) is 0 Å². The van der Waals surface area contributed by atoms with Gasteiger partial charge in [0.15, 0.2) is 10.7 Å². The van der Waals surface area contributed by atoms with Crippen LogP contribution in [0, 0.1) is 0 Å². The highest BCUT2D eigenvalue weighted by Gasteiger charge is 2.44. The largest absolute Gasteiger partial charge is 0.375 e. The summed E-state index contributed by atoms with van der Waals surface area (Å²) in [6.07, 6.45) is 5.85. The topological polar surface area (TPSA) is 109 Å². The highest BCUT2D eigenvalue weighted by atomic mass is 32.1. The van der Waals surface area contributed by atoms with Gasteiger partial charge in [0.2, 0.25) is 0 Å². The van der Waals surface area contributed by atoms with E-state index < -0.39 is 17.5 Å². The number of nitrogens with zero attached hydrogens (tertiary/aromatic N) is 1. The minimum atomic E-state index is -1.11. The van der Waals surface area contributed by atoms with Crippen molar-refractivity contribution in [3.05, 3.63) is 0 Å². The number of amides is 3. The third-order valence-electron chi connectivity index (χ3n) is 2.85. The summed E-state index contributed by atoms with van der Waals surface area (Å²) in [7, 11) is 0.